The summed E-state index contributed by atoms with van der Waals surface area (Å²) in [5.74, 6) is 0.213. The third-order valence-corrected chi connectivity index (χ3v) is 5.04. The summed E-state index contributed by atoms with van der Waals surface area (Å²) >= 11 is 1.52. The molecule has 0 aliphatic carbocycles. The second-order valence-electron chi connectivity index (χ2n) is 5.94. The number of halogens is 1. The van der Waals surface area contributed by atoms with Crippen LogP contribution in [-0.4, -0.2) is 49.4 Å². The molecule has 2 N–H and O–H groups in total. The van der Waals surface area contributed by atoms with Crippen molar-refractivity contribution in [3.05, 3.63) is 21.9 Å². The number of amides is 2. The first-order chi connectivity index (χ1) is 10.5. The average molecular weight is 360 g/mol. The summed E-state index contributed by atoms with van der Waals surface area (Å²) in [5, 5.41) is 6.12. The fourth-order valence-electron chi connectivity index (χ4n) is 2.76. The highest BCUT2D eigenvalue weighted by Crippen LogP contribution is 2.17. The molecule has 0 aromatic carbocycles. The molecule has 1 unspecified atom stereocenters. The van der Waals surface area contributed by atoms with Crippen LogP contribution in [0.15, 0.2) is 12.1 Å². The molecule has 1 aromatic heterocycles. The summed E-state index contributed by atoms with van der Waals surface area (Å²) in [6.07, 6.45) is 1.65. The Morgan fingerprint density at radius 3 is 2.52 bits per heavy atom. The van der Waals surface area contributed by atoms with E-state index in [9.17, 15) is 9.59 Å². The van der Waals surface area contributed by atoms with Gasteiger partial charge in [-0.25, -0.2) is 0 Å². The van der Waals surface area contributed by atoms with Gasteiger partial charge in [0.25, 0.3) is 5.91 Å². The van der Waals surface area contributed by atoms with Crippen molar-refractivity contribution >= 4 is 35.6 Å². The second kappa shape index (κ2) is 9.25. The summed E-state index contributed by atoms with van der Waals surface area (Å²) < 4.78 is 0. The highest BCUT2D eigenvalue weighted by molar-refractivity contribution is 7.13. The van der Waals surface area contributed by atoms with Crippen LogP contribution >= 0.6 is 23.7 Å². The molecular formula is C16H26ClN3O2S. The van der Waals surface area contributed by atoms with Gasteiger partial charge >= 0.3 is 0 Å². The predicted molar refractivity (Wildman–Crippen MR) is 96.5 cm³/mol. The molecule has 0 radical (unpaired) electrons. The maximum absolute atomic E-state index is 12.2. The van der Waals surface area contributed by atoms with Crippen LogP contribution < -0.4 is 10.6 Å². The quantitative estimate of drug-likeness (QED) is 0.845. The van der Waals surface area contributed by atoms with E-state index in [0.717, 1.165) is 35.7 Å². The Balaban J connectivity index is 0.00000264. The molecule has 1 fully saturated rings. The molecule has 23 heavy (non-hydrogen) atoms. The van der Waals surface area contributed by atoms with Crippen molar-refractivity contribution in [2.24, 2.45) is 5.92 Å². The standard InChI is InChI=1S/C16H25N3O2S.ClH/c1-11(10-17-3)16(21)19-8-6-13(7-9-19)18-15(20)14-5-4-12(2)22-14;/h4-5,11,13,17H,6-10H2,1-3H3,(H,18,20);1H. The van der Waals surface area contributed by atoms with Crippen LogP contribution in [0.1, 0.15) is 34.3 Å². The zero-order chi connectivity index (χ0) is 16.1. The normalized spacial score (nSPS) is 16.6. The highest BCUT2D eigenvalue weighted by Gasteiger charge is 2.26. The summed E-state index contributed by atoms with van der Waals surface area (Å²) in [6.45, 7) is 6.10. The van der Waals surface area contributed by atoms with Gasteiger partial charge in [0.05, 0.1) is 4.88 Å². The molecule has 130 valence electrons. The molecule has 1 aliphatic heterocycles. The van der Waals surface area contributed by atoms with Crippen molar-refractivity contribution in [2.75, 3.05) is 26.7 Å². The van der Waals surface area contributed by atoms with Gasteiger partial charge in [0.2, 0.25) is 5.91 Å². The van der Waals surface area contributed by atoms with Crippen LogP contribution in [0.5, 0.6) is 0 Å². The zero-order valence-corrected chi connectivity index (χ0v) is 15.6. The fraction of sp³-hybridized carbons (Fsp3) is 0.625. The van der Waals surface area contributed by atoms with Crippen LogP contribution in [0.3, 0.4) is 0 Å². The number of aryl methyl sites for hydroxylation is 1. The monoisotopic (exact) mass is 359 g/mol. The number of rotatable bonds is 5. The minimum absolute atomic E-state index is 0. The van der Waals surface area contributed by atoms with Crippen molar-refractivity contribution in [1.29, 1.82) is 0 Å². The lowest BCUT2D eigenvalue weighted by atomic mass is 10.0. The van der Waals surface area contributed by atoms with Gasteiger partial charge in [-0.05, 0) is 38.9 Å². The maximum Gasteiger partial charge on any atom is 0.261 e. The van der Waals surface area contributed by atoms with E-state index in [1.54, 1.807) is 0 Å². The number of likely N-dealkylation sites (tertiary alicyclic amines) is 1. The summed E-state index contributed by atoms with van der Waals surface area (Å²) in [7, 11) is 1.86. The molecule has 1 saturated heterocycles. The first-order valence-corrected chi connectivity index (χ1v) is 8.63. The lowest BCUT2D eigenvalue weighted by molar-refractivity contribution is -0.135. The van der Waals surface area contributed by atoms with Gasteiger partial charge in [-0.2, -0.15) is 0 Å². The van der Waals surface area contributed by atoms with E-state index in [2.05, 4.69) is 10.6 Å². The lowest BCUT2D eigenvalue weighted by Gasteiger charge is -2.33. The number of carbonyl (C=O) groups is 2. The molecule has 2 rings (SSSR count). The molecular weight excluding hydrogens is 334 g/mol. The largest absolute Gasteiger partial charge is 0.348 e. The van der Waals surface area contributed by atoms with Crippen molar-refractivity contribution in [2.45, 2.75) is 32.7 Å². The highest BCUT2D eigenvalue weighted by atomic mass is 35.5. The van der Waals surface area contributed by atoms with Gasteiger partial charge in [-0.15, -0.1) is 23.7 Å². The molecule has 0 spiro atoms. The first-order valence-electron chi connectivity index (χ1n) is 7.82. The SMILES string of the molecule is CNCC(C)C(=O)N1CCC(NC(=O)c2ccc(C)s2)CC1.Cl. The van der Waals surface area contributed by atoms with Crippen molar-refractivity contribution in [1.82, 2.24) is 15.5 Å². The Kier molecular flexibility index (Phi) is 8.02. The van der Waals surface area contributed by atoms with Crippen molar-refractivity contribution in [3.63, 3.8) is 0 Å². The Labute approximate surface area is 148 Å². The van der Waals surface area contributed by atoms with Crippen LogP contribution in [0, 0.1) is 12.8 Å². The summed E-state index contributed by atoms with van der Waals surface area (Å²) in [6, 6.07) is 4.00. The van der Waals surface area contributed by atoms with Crippen molar-refractivity contribution < 1.29 is 9.59 Å². The zero-order valence-electron chi connectivity index (χ0n) is 13.9. The third-order valence-electron chi connectivity index (χ3n) is 4.04. The molecule has 0 saturated carbocycles. The summed E-state index contributed by atoms with van der Waals surface area (Å²) in [4.78, 5) is 28.2. The maximum atomic E-state index is 12.2. The number of hydrogen-bond donors (Lipinski definition) is 2. The molecule has 1 atom stereocenters. The van der Waals surface area contributed by atoms with Gasteiger partial charge in [0.15, 0.2) is 0 Å². The van der Waals surface area contributed by atoms with Crippen LogP contribution in [0.2, 0.25) is 0 Å². The molecule has 2 amide bonds. The van der Waals surface area contributed by atoms with Crippen LogP contribution in [-0.2, 0) is 4.79 Å². The second-order valence-corrected chi connectivity index (χ2v) is 7.23. The molecule has 7 heteroatoms. The number of piperidine rings is 1. The van der Waals surface area contributed by atoms with Gasteiger partial charge in [0, 0.05) is 36.5 Å². The van der Waals surface area contributed by atoms with Gasteiger partial charge in [-0.1, -0.05) is 6.92 Å². The minimum Gasteiger partial charge on any atom is -0.348 e. The molecule has 0 bridgehead atoms. The van der Waals surface area contributed by atoms with E-state index in [1.807, 2.05) is 37.9 Å². The number of hydrogen-bond acceptors (Lipinski definition) is 4. The van der Waals surface area contributed by atoms with Gasteiger partial charge in [0.1, 0.15) is 0 Å². The fourth-order valence-corrected chi connectivity index (χ4v) is 3.53. The van der Waals surface area contributed by atoms with E-state index in [4.69, 9.17) is 0 Å². The Hall–Kier alpha value is -1.11. The van der Waals surface area contributed by atoms with E-state index in [1.165, 1.54) is 11.3 Å². The van der Waals surface area contributed by atoms with Crippen molar-refractivity contribution in [3.8, 4) is 0 Å². The Morgan fingerprint density at radius 2 is 2.00 bits per heavy atom. The van der Waals surface area contributed by atoms with E-state index in [0.29, 0.717) is 6.54 Å². The molecule has 5 nitrogen and oxygen atoms in total. The van der Waals surface area contributed by atoms with Gasteiger partial charge in [-0.3, -0.25) is 9.59 Å². The van der Waals surface area contributed by atoms with Gasteiger partial charge < -0.3 is 15.5 Å². The topological polar surface area (TPSA) is 61.4 Å². The Morgan fingerprint density at radius 1 is 1.35 bits per heavy atom. The first kappa shape index (κ1) is 19.9. The average Bonchev–Trinajstić information content (AvgIpc) is 2.94. The third kappa shape index (κ3) is 5.48. The lowest BCUT2D eigenvalue weighted by Crippen LogP contribution is -2.48. The van der Waals surface area contributed by atoms with Crippen LogP contribution in [0.25, 0.3) is 0 Å². The van der Waals surface area contributed by atoms with E-state index >= 15 is 0 Å². The van der Waals surface area contributed by atoms with Crippen LogP contribution in [0.4, 0.5) is 0 Å². The predicted octanol–water partition coefficient (Wildman–Crippen LogP) is 2.05. The van der Waals surface area contributed by atoms with E-state index < -0.39 is 0 Å². The Bertz CT molecular complexity index is 527. The summed E-state index contributed by atoms with van der Waals surface area (Å²) in [5.41, 5.74) is 0. The number of thiophene rings is 1. The number of carbonyl (C=O) groups excluding carboxylic acids is 2. The molecule has 2 heterocycles. The number of nitrogens with one attached hydrogen (secondary N) is 2. The minimum atomic E-state index is 0. The smallest absolute Gasteiger partial charge is 0.261 e. The molecule has 1 aliphatic rings. The van der Waals surface area contributed by atoms with E-state index in [-0.39, 0.29) is 36.2 Å². The number of nitrogens with zero attached hydrogens (tertiary/aromatic N) is 1. The molecule has 1 aromatic rings.